The maximum absolute atomic E-state index is 10.5. The number of non-ortho nitro benzene ring substituents is 1. The molecule has 0 aromatic heterocycles. The van der Waals surface area contributed by atoms with Crippen LogP contribution < -0.4 is 12.4 Å². The van der Waals surface area contributed by atoms with E-state index in [1.807, 2.05) is 6.21 Å². The van der Waals surface area contributed by atoms with Crippen LogP contribution in [0.5, 0.6) is 0 Å². The molecule has 0 radical (unpaired) electrons. The molecule has 0 amide bonds. The number of hydrogen-bond acceptors (Lipinski definition) is 3. The molecule has 1 aromatic carbocycles. The third kappa shape index (κ3) is 3.80. The monoisotopic (exact) mass is 256 g/mol. The number of morpholine rings is 1. The van der Waals surface area contributed by atoms with Gasteiger partial charge >= 0.3 is 0 Å². The Morgan fingerprint density at radius 1 is 1.24 bits per heavy atom. The van der Waals surface area contributed by atoms with E-state index in [-0.39, 0.29) is 18.1 Å². The second-order valence-electron chi connectivity index (χ2n) is 3.63. The molecule has 0 spiro atoms. The molecule has 0 bridgehead atoms. The first kappa shape index (κ1) is 13.6. The van der Waals surface area contributed by atoms with Gasteiger partial charge in [-0.3, -0.25) is 10.1 Å². The Morgan fingerprint density at radius 2 is 1.82 bits per heavy atom. The first-order valence-corrected chi connectivity index (χ1v) is 5.17. The maximum Gasteiger partial charge on any atom is 0.269 e. The van der Waals surface area contributed by atoms with Crippen LogP contribution >= 0.6 is 0 Å². The predicted octanol–water partition coefficient (Wildman–Crippen LogP) is -1.94. The number of benzene rings is 1. The zero-order valence-electron chi connectivity index (χ0n) is 9.21. The molecule has 2 rings (SSSR count). The van der Waals surface area contributed by atoms with Crippen molar-refractivity contribution >= 4 is 11.9 Å². The molecule has 0 saturated carbocycles. The van der Waals surface area contributed by atoms with E-state index in [0.29, 0.717) is 0 Å². The van der Waals surface area contributed by atoms with Crippen molar-refractivity contribution < 1.29 is 26.6 Å². The van der Waals surface area contributed by atoms with Gasteiger partial charge in [-0.25, -0.2) is 4.58 Å². The van der Waals surface area contributed by atoms with E-state index in [1.165, 1.54) is 12.1 Å². The molecule has 17 heavy (non-hydrogen) atoms. The van der Waals surface area contributed by atoms with E-state index < -0.39 is 4.92 Å². The highest BCUT2D eigenvalue weighted by Crippen LogP contribution is 2.10. The van der Waals surface area contributed by atoms with Gasteiger partial charge in [-0.2, -0.15) is 0 Å². The van der Waals surface area contributed by atoms with E-state index in [0.717, 1.165) is 31.9 Å². The third-order valence-electron chi connectivity index (χ3n) is 2.48. The largest absolute Gasteiger partial charge is 1.00 e. The summed E-state index contributed by atoms with van der Waals surface area (Å²) >= 11 is 0. The minimum absolute atomic E-state index is 0. The normalized spacial score (nSPS) is 14.9. The van der Waals surface area contributed by atoms with Gasteiger partial charge in [-0.15, -0.1) is 0 Å². The standard InChI is InChI=1S/C11H13N2O3.ClH/c14-13(15)11-3-1-10(2-4-11)9-12-5-7-16-8-6-12;/h1-4,9H,5-8H2;1H/q+1;/p-1. The summed E-state index contributed by atoms with van der Waals surface area (Å²) in [5, 5.41) is 10.5. The van der Waals surface area contributed by atoms with Gasteiger partial charge in [0.05, 0.1) is 4.92 Å². The molecule has 0 unspecified atom stereocenters. The fraction of sp³-hybridized carbons (Fsp3) is 0.364. The minimum atomic E-state index is -0.390. The molecule has 1 fully saturated rings. The lowest BCUT2D eigenvalue weighted by Gasteiger charge is -2.10. The zero-order valence-corrected chi connectivity index (χ0v) is 9.97. The molecule has 1 heterocycles. The lowest BCUT2D eigenvalue weighted by atomic mass is 10.2. The molecule has 1 aliphatic heterocycles. The number of ether oxygens (including phenoxy) is 1. The molecule has 1 saturated heterocycles. The van der Waals surface area contributed by atoms with Crippen molar-refractivity contribution in [3.63, 3.8) is 0 Å². The van der Waals surface area contributed by atoms with Crippen LogP contribution in [0.2, 0.25) is 0 Å². The second kappa shape index (κ2) is 6.32. The Morgan fingerprint density at radius 3 is 2.35 bits per heavy atom. The van der Waals surface area contributed by atoms with Gasteiger partial charge in [0, 0.05) is 17.7 Å². The van der Waals surface area contributed by atoms with E-state index in [9.17, 15) is 10.1 Å². The van der Waals surface area contributed by atoms with Crippen molar-refractivity contribution in [3.8, 4) is 0 Å². The van der Waals surface area contributed by atoms with Crippen LogP contribution in [0.1, 0.15) is 5.56 Å². The fourth-order valence-corrected chi connectivity index (χ4v) is 1.60. The summed E-state index contributed by atoms with van der Waals surface area (Å²) in [6, 6.07) is 6.56. The van der Waals surface area contributed by atoms with E-state index >= 15 is 0 Å². The van der Waals surface area contributed by atoms with Crippen LogP contribution in [0.15, 0.2) is 24.3 Å². The summed E-state index contributed by atoms with van der Waals surface area (Å²) in [6.45, 7) is 3.22. The smallest absolute Gasteiger partial charge is 0.269 e. The van der Waals surface area contributed by atoms with Gasteiger partial charge in [0.25, 0.3) is 5.69 Å². The summed E-state index contributed by atoms with van der Waals surface area (Å²) in [6.07, 6.45) is 2.01. The SMILES string of the molecule is O=[N+]([O-])c1ccc(C=[N+]2CCOCC2)cc1.[Cl-]. The molecule has 0 atom stereocenters. The summed E-state index contributed by atoms with van der Waals surface area (Å²) in [5.74, 6) is 0. The number of nitro groups is 1. The Kier molecular flexibility index (Phi) is 5.06. The van der Waals surface area contributed by atoms with E-state index in [1.54, 1.807) is 12.1 Å². The van der Waals surface area contributed by atoms with Crippen molar-refractivity contribution in [3.05, 3.63) is 39.9 Å². The number of hydrogen-bond donors (Lipinski definition) is 0. The lowest BCUT2D eigenvalue weighted by Crippen LogP contribution is -3.00. The molecule has 92 valence electrons. The topological polar surface area (TPSA) is 55.4 Å². The van der Waals surface area contributed by atoms with Crippen LogP contribution in [0, 0.1) is 10.1 Å². The second-order valence-corrected chi connectivity index (χ2v) is 3.63. The predicted molar refractivity (Wildman–Crippen MR) is 59.1 cm³/mol. The van der Waals surface area contributed by atoms with E-state index in [4.69, 9.17) is 4.74 Å². The van der Waals surface area contributed by atoms with Crippen LogP contribution in [-0.2, 0) is 4.74 Å². The molecule has 1 aromatic rings. The summed E-state index contributed by atoms with van der Waals surface area (Å²) in [4.78, 5) is 10.1. The summed E-state index contributed by atoms with van der Waals surface area (Å²) < 4.78 is 7.39. The first-order chi connectivity index (χ1) is 7.75. The highest BCUT2D eigenvalue weighted by Gasteiger charge is 2.11. The quantitative estimate of drug-likeness (QED) is 0.352. The van der Waals surface area contributed by atoms with Crippen LogP contribution in [0.3, 0.4) is 0 Å². The average Bonchev–Trinajstić information content (AvgIpc) is 2.31. The highest BCUT2D eigenvalue weighted by atomic mass is 35.5. The molecule has 0 N–H and O–H groups in total. The Balaban J connectivity index is 0.00000144. The van der Waals surface area contributed by atoms with Crippen LogP contribution in [0.25, 0.3) is 0 Å². The van der Waals surface area contributed by atoms with Gasteiger partial charge in [-0.05, 0) is 12.1 Å². The average molecular weight is 257 g/mol. The lowest BCUT2D eigenvalue weighted by molar-refractivity contribution is -0.544. The van der Waals surface area contributed by atoms with E-state index in [2.05, 4.69) is 4.58 Å². The molecule has 5 nitrogen and oxygen atoms in total. The fourth-order valence-electron chi connectivity index (χ4n) is 1.60. The Hall–Kier alpha value is -1.46. The first-order valence-electron chi connectivity index (χ1n) is 5.17. The van der Waals surface area contributed by atoms with Crippen molar-refractivity contribution in [2.45, 2.75) is 0 Å². The van der Waals surface area contributed by atoms with Gasteiger partial charge in [-0.1, -0.05) is 0 Å². The van der Waals surface area contributed by atoms with Gasteiger partial charge in [0.2, 0.25) is 0 Å². The molecular weight excluding hydrogens is 244 g/mol. The van der Waals surface area contributed by atoms with Crippen molar-refractivity contribution in [1.82, 2.24) is 0 Å². The molecule has 6 heteroatoms. The number of halogens is 1. The number of nitro benzene ring substituents is 1. The highest BCUT2D eigenvalue weighted by molar-refractivity contribution is 5.76. The van der Waals surface area contributed by atoms with Crippen molar-refractivity contribution in [2.75, 3.05) is 26.3 Å². The molecular formula is C11H13ClN2O3. The number of rotatable bonds is 2. The van der Waals surface area contributed by atoms with Crippen LogP contribution in [-0.4, -0.2) is 42.0 Å². The molecule has 1 aliphatic rings. The minimum Gasteiger partial charge on any atom is -1.00 e. The Labute approximate surface area is 105 Å². The summed E-state index contributed by atoms with van der Waals surface area (Å²) in [7, 11) is 0. The Bertz CT molecular complexity index is 409. The maximum atomic E-state index is 10.5. The van der Waals surface area contributed by atoms with Gasteiger partial charge in [0.15, 0.2) is 19.3 Å². The van der Waals surface area contributed by atoms with Gasteiger partial charge in [0.1, 0.15) is 13.2 Å². The number of nitrogens with zero attached hydrogens (tertiary/aromatic N) is 2. The van der Waals surface area contributed by atoms with Crippen molar-refractivity contribution in [2.24, 2.45) is 0 Å². The zero-order chi connectivity index (χ0) is 11.4. The van der Waals surface area contributed by atoms with Crippen molar-refractivity contribution in [1.29, 1.82) is 0 Å². The molecule has 0 aliphatic carbocycles. The summed E-state index contributed by atoms with van der Waals surface area (Å²) in [5.41, 5.74) is 1.10. The van der Waals surface area contributed by atoms with Crippen LogP contribution in [0.4, 0.5) is 5.69 Å². The third-order valence-corrected chi connectivity index (χ3v) is 2.48. The van der Waals surface area contributed by atoms with Gasteiger partial charge < -0.3 is 17.1 Å².